The van der Waals surface area contributed by atoms with E-state index in [-0.39, 0.29) is 18.3 Å². The van der Waals surface area contributed by atoms with Gasteiger partial charge in [-0.2, -0.15) is 0 Å². The van der Waals surface area contributed by atoms with E-state index in [1.54, 1.807) is 6.07 Å². The first-order chi connectivity index (χ1) is 13.7. The van der Waals surface area contributed by atoms with E-state index in [0.29, 0.717) is 56.5 Å². The maximum absolute atomic E-state index is 13.5. The molecule has 28 heavy (non-hydrogen) atoms. The number of nitrogens with zero attached hydrogens (tertiary/aromatic N) is 3. The van der Waals surface area contributed by atoms with E-state index in [0.717, 1.165) is 24.5 Å². The second-order valence-electron chi connectivity index (χ2n) is 7.20. The number of carbonyl (C=O) groups is 2. The molecule has 0 spiro atoms. The predicted molar refractivity (Wildman–Crippen MR) is 101 cm³/mol. The molecule has 0 aliphatic carbocycles. The highest BCUT2D eigenvalue weighted by Gasteiger charge is 2.41. The number of hydrogen-bond acceptors (Lipinski definition) is 8. The van der Waals surface area contributed by atoms with Crippen LogP contribution in [0.15, 0.2) is 17.3 Å². The van der Waals surface area contributed by atoms with E-state index in [1.807, 2.05) is 6.07 Å². The number of amidine groups is 1. The van der Waals surface area contributed by atoms with Crippen LogP contribution in [0.3, 0.4) is 0 Å². The predicted octanol–water partition coefficient (Wildman–Crippen LogP) is 0.246. The Hall–Kier alpha value is -2.65. The minimum absolute atomic E-state index is 0.124. The molecule has 4 aliphatic rings. The maximum atomic E-state index is 13.5. The van der Waals surface area contributed by atoms with Crippen molar-refractivity contribution < 1.29 is 23.9 Å². The number of oxime groups is 1. The average molecular weight is 386 g/mol. The number of nitrogens with one attached hydrogen (secondary N) is 1. The number of benzene rings is 1. The molecule has 148 valence electrons. The topological polar surface area (TPSA) is 92.7 Å². The third-order valence-corrected chi connectivity index (χ3v) is 5.62. The molecule has 1 unspecified atom stereocenters. The fourth-order valence-corrected chi connectivity index (χ4v) is 4.18. The third-order valence-electron chi connectivity index (χ3n) is 5.62. The molecule has 2 fully saturated rings. The van der Waals surface area contributed by atoms with Crippen molar-refractivity contribution in [3.8, 4) is 0 Å². The molecule has 0 bridgehead atoms. The molecule has 1 amide bonds. The minimum atomic E-state index is -0.579. The fraction of sp³-hybridized carbons (Fsp3) is 0.526. The summed E-state index contributed by atoms with van der Waals surface area (Å²) in [6.07, 6.45) is 0. The normalized spacial score (nSPS) is 24.7. The van der Waals surface area contributed by atoms with Gasteiger partial charge in [-0.05, 0) is 12.1 Å². The number of morpholine rings is 2. The van der Waals surface area contributed by atoms with Crippen molar-refractivity contribution in [1.82, 2.24) is 5.32 Å². The number of anilines is 2. The number of ketones is 1. The van der Waals surface area contributed by atoms with E-state index in [9.17, 15) is 9.59 Å². The zero-order chi connectivity index (χ0) is 19.1. The number of fused-ring (bicyclic) bond motifs is 2. The van der Waals surface area contributed by atoms with Crippen LogP contribution in [0.2, 0.25) is 0 Å². The molecular weight excluding hydrogens is 364 g/mol. The monoisotopic (exact) mass is 386 g/mol. The zero-order valence-electron chi connectivity index (χ0n) is 15.5. The summed E-state index contributed by atoms with van der Waals surface area (Å²) >= 11 is 0. The molecule has 9 heteroatoms. The largest absolute Gasteiger partial charge is 0.393 e. The lowest BCUT2D eigenvalue weighted by Gasteiger charge is -2.37. The van der Waals surface area contributed by atoms with Crippen LogP contribution in [0, 0.1) is 5.92 Å². The highest BCUT2D eigenvalue weighted by molar-refractivity contribution is 6.26. The summed E-state index contributed by atoms with van der Waals surface area (Å²) < 4.78 is 11.0. The molecule has 0 aromatic heterocycles. The van der Waals surface area contributed by atoms with Crippen LogP contribution < -0.4 is 15.1 Å². The van der Waals surface area contributed by atoms with Gasteiger partial charge in [0.05, 0.1) is 48.9 Å². The van der Waals surface area contributed by atoms with Gasteiger partial charge in [0.2, 0.25) is 0 Å². The molecule has 0 radical (unpaired) electrons. The number of hydrogen-bond donors (Lipinski definition) is 1. The summed E-state index contributed by atoms with van der Waals surface area (Å²) in [5, 5.41) is 6.60. The Kier molecular flexibility index (Phi) is 4.40. The second-order valence-corrected chi connectivity index (χ2v) is 7.20. The lowest BCUT2D eigenvalue weighted by atomic mass is 9.92. The summed E-state index contributed by atoms with van der Waals surface area (Å²) in [7, 11) is 0. The van der Waals surface area contributed by atoms with Crippen LogP contribution >= 0.6 is 0 Å². The molecule has 0 saturated carbocycles. The Bertz CT molecular complexity index is 843. The molecule has 1 atom stereocenters. The summed E-state index contributed by atoms with van der Waals surface area (Å²) in [5.41, 5.74) is 2.63. The number of ether oxygens (including phenoxy) is 2. The first-order valence-corrected chi connectivity index (χ1v) is 9.62. The molecular formula is C19H22N4O5. The lowest BCUT2D eigenvalue weighted by Crippen LogP contribution is -2.41. The quantitative estimate of drug-likeness (QED) is 0.779. The van der Waals surface area contributed by atoms with Crippen LogP contribution in [0.25, 0.3) is 0 Å². The molecule has 4 heterocycles. The molecule has 1 N–H and O–H groups in total. The third kappa shape index (κ3) is 2.82. The fourth-order valence-electron chi connectivity index (χ4n) is 4.18. The summed E-state index contributed by atoms with van der Waals surface area (Å²) in [6, 6.07) is 3.70. The summed E-state index contributed by atoms with van der Waals surface area (Å²) in [4.78, 5) is 35.8. The summed E-state index contributed by atoms with van der Waals surface area (Å²) in [5.74, 6) is -0.726. The van der Waals surface area contributed by atoms with E-state index in [1.165, 1.54) is 0 Å². The Balaban J connectivity index is 1.68. The number of Topliss-reactive ketones (excluding diaryl/α,β-unsaturated/α-hetero) is 1. The van der Waals surface area contributed by atoms with E-state index >= 15 is 0 Å². The van der Waals surface area contributed by atoms with Gasteiger partial charge in [0.25, 0.3) is 5.91 Å². The highest BCUT2D eigenvalue weighted by atomic mass is 16.6. The van der Waals surface area contributed by atoms with Gasteiger partial charge in [0.1, 0.15) is 12.5 Å². The van der Waals surface area contributed by atoms with Gasteiger partial charge in [-0.15, -0.1) is 0 Å². The van der Waals surface area contributed by atoms with Crippen LogP contribution in [0.5, 0.6) is 0 Å². The van der Waals surface area contributed by atoms with E-state index in [4.69, 9.17) is 14.3 Å². The van der Waals surface area contributed by atoms with Gasteiger partial charge in [0.15, 0.2) is 11.6 Å². The van der Waals surface area contributed by atoms with E-state index in [2.05, 4.69) is 20.3 Å². The van der Waals surface area contributed by atoms with Crippen molar-refractivity contribution >= 4 is 28.9 Å². The molecule has 5 rings (SSSR count). The Morgan fingerprint density at radius 3 is 2.36 bits per heavy atom. The Morgan fingerprint density at radius 1 is 0.964 bits per heavy atom. The van der Waals surface area contributed by atoms with Crippen LogP contribution in [-0.2, 0) is 14.3 Å². The second kappa shape index (κ2) is 7.06. The van der Waals surface area contributed by atoms with Gasteiger partial charge in [0, 0.05) is 26.2 Å². The molecule has 1 aromatic rings. The van der Waals surface area contributed by atoms with Crippen molar-refractivity contribution in [2.45, 2.75) is 0 Å². The summed E-state index contributed by atoms with van der Waals surface area (Å²) in [6.45, 7) is 5.44. The lowest BCUT2D eigenvalue weighted by molar-refractivity contribution is 0.0880. The van der Waals surface area contributed by atoms with Crippen LogP contribution in [0.1, 0.15) is 20.7 Å². The van der Waals surface area contributed by atoms with Gasteiger partial charge >= 0.3 is 0 Å². The van der Waals surface area contributed by atoms with Gasteiger partial charge < -0.3 is 29.4 Å². The Morgan fingerprint density at radius 2 is 1.64 bits per heavy atom. The van der Waals surface area contributed by atoms with Crippen molar-refractivity contribution in [3.05, 3.63) is 23.3 Å². The molecule has 1 aromatic carbocycles. The molecule has 9 nitrogen and oxygen atoms in total. The van der Waals surface area contributed by atoms with Crippen molar-refractivity contribution in [2.75, 3.05) is 69.0 Å². The van der Waals surface area contributed by atoms with Gasteiger partial charge in [-0.3, -0.25) is 9.59 Å². The Labute approximate surface area is 162 Å². The standard InChI is InChI=1S/C19H22N4O5/c24-17-13-11-28-21-18(13)20-19(25)12-1-2-14(22-3-7-26-8-4-22)16(15(12)17)23-5-9-27-10-6-23/h1-2,13H,3-11H2,(H,20,21,25). The maximum Gasteiger partial charge on any atom is 0.257 e. The SMILES string of the molecule is O=C1NC2=NOCC2C(=O)c2c1ccc(N1CCOCC1)c2N1CCOCC1. The highest BCUT2D eigenvalue weighted by Crippen LogP contribution is 2.39. The van der Waals surface area contributed by atoms with Crippen molar-refractivity contribution in [3.63, 3.8) is 0 Å². The number of amides is 1. The minimum Gasteiger partial charge on any atom is -0.393 e. The number of carbonyl (C=O) groups excluding carboxylic acids is 2. The number of rotatable bonds is 2. The van der Waals surface area contributed by atoms with Gasteiger partial charge in [-0.25, -0.2) is 0 Å². The first kappa shape index (κ1) is 17.4. The molecule has 4 aliphatic heterocycles. The first-order valence-electron chi connectivity index (χ1n) is 9.62. The van der Waals surface area contributed by atoms with Crippen LogP contribution in [-0.4, -0.2) is 76.7 Å². The van der Waals surface area contributed by atoms with Crippen molar-refractivity contribution in [2.24, 2.45) is 11.1 Å². The zero-order valence-corrected chi connectivity index (χ0v) is 15.5. The van der Waals surface area contributed by atoms with Crippen LogP contribution in [0.4, 0.5) is 11.4 Å². The van der Waals surface area contributed by atoms with Gasteiger partial charge in [-0.1, -0.05) is 5.16 Å². The van der Waals surface area contributed by atoms with E-state index < -0.39 is 5.92 Å². The van der Waals surface area contributed by atoms with Crippen molar-refractivity contribution in [1.29, 1.82) is 0 Å². The average Bonchev–Trinajstić information content (AvgIpc) is 3.18. The smallest absolute Gasteiger partial charge is 0.257 e. The molecule has 2 saturated heterocycles.